The first-order valence-corrected chi connectivity index (χ1v) is 11.0. The Morgan fingerprint density at radius 3 is 2.52 bits per heavy atom. The smallest absolute Gasteiger partial charge is 0.251 e. The molecule has 6 nitrogen and oxygen atoms in total. The lowest BCUT2D eigenvalue weighted by molar-refractivity contribution is 0.0951. The number of fused-ring (bicyclic) bond motifs is 1. The number of benzene rings is 2. The molecule has 0 aliphatic carbocycles. The second kappa shape index (κ2) is 9.05. The van der Waals surface area contributed by atoms with Crippen LogP contribution < -0.4 is 10.1 Å². The number of rotatable bonds is 8. The van der Waals surface area contributed by atoms with Crippen molar-refractivity contribution >= 4 is 26.6 Å². The lowest BCUT2D eigenvalue weighted by atomic mass is 10.2. The number of hydrogen-bond acceptors (Lipinski definition) is 5. The number of para-hydroxylation sites is 1. The lowest BCUT2D eigenvalue weighted by Crippen LogP contribution is -2.25. The van der Waals surface area contributed by atoms with E-state index in [4.69, 9.17) is 4.74 Å². The van der Waals surface area contributed by atoms with Gasteiger partial charge in [0.1, 0.15) is 11.3 Å². The number of aromatic nitrogens is 1. The molecule has 0 saturated carbocycles. The van der Waals surface area contributed by atoms with Gasteiger partial charge < -0.3 is 10.1 Å². The zero-order chi connectivity index (χ0) is 20.9. The van der Waals surface area contributed by atoms with Crippen molar-refractivity contribution < 1.29 is 17.9 Å². The van der Waals surface area contributed by atoms with Crippen LogP contribution in [0.5, 0.6) is 5.75 Å². The van der Waals surface area contributed by atoms with E-state index in [1.807, 2.05) is 30.3 Å². The van der Waals surface area contributed by atoms with Crippen LogP contribution in [0.25, 0.3) is 10.9 Å². The van der Waals surface area contributed by atoms with E-state index in [0.29, 0.717) is 25.1 Å². The lowest BCUT2D eigenvalue weighted by Gasteiger charge is -2.10. The maximum Gasteiger partial charge on any atom is 0.251 e. The molecule has 3 aromatic rings. The number of carbonyl (C=O) groups excluding carboxylic acids is 1. The molecule has 0 spiro atoms. The third-order valence-corrected chi connectivity index (χ3v) is 6.70. The minimum absolute atomic E-state index is 0.223. The average Bonchev–Trinajstić information content (AvgIpc) is 2.73. The summed E-state index contributed by atoms with van der Waals surface area (Å²) in [5.74, 6) is 0.474. The second-order valence-electron chi connectivity index (χ2n) is 6.91. The predicted molar refractivity (Wildman–Crippen MR) is 113 cm³/mol. The fourth-order valence-corrected chi connectivity index (χ4v) is 3.88. The summed E-state index contributed by atoms with van der Waals surface area (Å²) in [6.45, 7) is 4.16. The molecule has 0 fully saturated rings. The first-order chi connectivity index (χ1) is 13.9. The van der Waals surface area contributed by atoms with E-state index in [0.717, 1.165) is 16.7 Å². The number of nitrogens with zero attached hydrogens (tertiary/aromatic N) is 1. The molecule has 0 unspecified atom stereocenters. The van der Waals surface area contributed by atoms with Crippen molar-refractivity contribution in [1.82, 2.24) is 10.3 Å². The fourth-order valence-electron chi connectivity index (χ4n) is 2.82. The Morgan fingerprint density at radius 1 is 1.07 bits per heavy atom. The van der Waals surface area contributed by atoms with Crippen LogP contribution in [-0.4, -0.2) is 37.7 Å². The van der Waals surface area contributed by atoms with Gasteiger partial charge in [0.25, 0.3) is 5.91 Å². The van der Waals surface area contributed by atoms with Crippen molar-refractivity contribution in [2.45, 2.75) is 30.4 Å². The molecule has 0 saturated heterocycles. The highest BCUT2D eigenvalue weighted by atomic mass is 32.2. The second-order valence-corrected chi connectivity index (χ2v) is 9.41. The molecule has 0 bridgehead atoms. The van der Waals surface area contributed by atoms with Crippen molar-refractivity contribution in [2.75, 3.05) is 13.2 Å². The third-order valence-electron chi connectivity index (χ3n) is 4.53. The molecular formula is C22H24N2O4S. The summed E-state index contributed by atoms with van der Waals surface area (Å²) >= 11 is 0. The Morgan fingerprint density at radius 2 is 1.79 bits per heavy atom. The van der Waals surface area contributed by atoms with Gasteiger partial charge in [-0.05, 0) is 56.7 Å². The van der Waals surface area contributed by atoms with Crippen LogP contribution >= 0.6 is 0 Å². The van der Waals surface area contributed by atoms with Crippen LogP contribution in [0.2, 0.25) is 0 Å². The molecule has 1 aromatic heterocycles. The number of carbonyl (C=O) groups is 1. The van der Waals surface area contributed by atoms with Crippen LogP contribution in [0.1, 0.15) is 30.6 Å². The van der Waals surface area contributed by atoms with Crippen molar-refractivity contribution in [2.24, 2.45) is 0 Å². The van der Waals surface area contributed by atoms with E-state index in [-0.39, 0.29) is 10.8 Å². The molecule has 1 amide bonds. The normalized spacial score (nSPS) is 11.6. The maximum atomic E-state index is 12.2. The molecule has 152 valence electrons. The zero-order valence-electron chi connectivity index (χ0n) is 16.5. The number of amides is 1. The van der Waals surface area contributed by atoms with Gasteiger partial charge in [0, 0.05) is 23.7 Å². The minimum atomic E-state index is -3.34. The monoisotopic (exact) mass is 412 g/mol. The van der Waals surface area contributed by atoms with Crippen molar-refractivity contribution in [1.29, 1.82) is 0 Å². The highest BCUT2D eigenvalue weighted by Gasteiger charge is 2.19. The first kappa shape index (κ1) is 20.8. The molecular weight excluding hydrogens is 388 g/mol. The highest BCUT2D eigenvalue weighted by molar-refractivity contribution is 7.92. The Labute approximate surface area is 170 Å². The molecule has 0 atom stereocenters. The van der Waals surface area contributed by atoms with Crippen molar-refractivity contribution in [3.8, 4) is 5.75 Å². The quantitative estimate of drug-likeness (QED) is 0.571. The number of sulfone groups is 1. The number of hydrogen-bond donors (Lipinski definition) is 1. The molecule has 7 heteroatoms. The molecule has 3 rings (SSSR count). The number of ether oxygens (including phenoxy) is 1. The fraction of sp³-hybridized carbons (Fsp3) is 0.273. The maximum absolute atomic E-state index is 12.2. The van der Waals surface area contributed by atoms with E-state index in [9.17, 15) is 13.2 Å². The summed E-state index contributed by atoms with van der Waals surface area (Å²) in [4.78, 5) is 16.8. The van der Waals surface area contributed by atoms with Crippen molar-refractivity contribution in [3.63, 3.8) is 0 Å². The predicted octanol–water partition coefficient (Wildman–Crippen LogP) is 3.62. The molecule has 0 radical (unpaired) electrons. The number of nitrogens with one attached hydrogen (secondary N) is 1. The van der Waals surface area contributed by atoms with Crippen molar-refractivity contribution in [3.05, 3.63) is 66.4 Å². The highest BCUT2D eigenvalue weighted by Crippen LogP contribution is 2.23. The summed E-state index contributed by atoms with van der Waals surface area (Å²) in [6.07, 6.45) is 2.36. The van der Waals surface area contributed by atoms with Gasteiger partial charge in [0.2, 0.25) is 0 Å². The SMILES string of the molecule is CC(C)S(=O)(=O)c1ccc(C(=O)NCCCOc2cccc3cccnc23)cc1. The standard InChI is InChI=1S/C22H24N2O4S/c1-16(2)29(26,27)19-11-9-18(10-12-19)22(25)24-14-5-15-28-20-8-3-6-17-7-4-13-23-21(17)20/h3-4,6-13,16H,5,14-15H2,1-2H3,(H,24,25). The summed E-state index contributed by atoms with van der Waals surface area (Å²) < 4.78 is 30.1. The van der Waals surface area contributed by atoms with Crippen LogP contribution in [0.3, 0.4) is 0 Å². The molecule has 1 N–H and O–H groups in total. The van der Waals surface area contributed by atoms with E-state index in [1.165, 1.54) is 24.3 Å². The van der Waals surface area contributed by atoms with E-state index < -0.39 is 15.1 Å². The van der Waals surface area contributed by atoms with Gasteiger partial charge in [-0.15, -0.1) is 0 Å². The Balaban J connectivity index is 1.49. The summed E-state index contributed by atoms with van der Waals surface area (Å²) in [5, 5.41) is 3.33. The Hall–Kier alpha value is -2.93. The van der Waals surface area contributed by atoms with E-state index in [2.05, 4.69) is 10.3 Å². The molecule has 1 heterocycles. The topological polar surface area (TPSA) is 85.4 Å². The van der Waals surface area contributed by atoms with Gasteiger partial charge in [0.05, 0.1) is 16.8 Å². The van der Waals surface area contributed by atoms with Crippen LogP contribution in [-0.2, 0) is 9.84 Å². The summed E-state index contributed by atoms with van der Waals surface area (Å²) in [6, 6.07) is 15.6. The number of pyridine rings is 1. The summed E-state index contributed by atoms with van der Waals surface area (Å²) in [7, 11) is -3.34. The molecule has 0 aliphatic heterocycles. The van der Waals surface area contributed by atoms with Gasteiger partial charge in [0.15, 0.2) is 9.84 Å². The Kier molecular flexibility index (Phi) is 6.49. The van der Waals surface area contributed by atoms with Crippen LogP contribution in [0, 0.1) is 0 Å². The van der Waals surface area contributed by atoms with Gasteiger partial charge in [-0.1, -0.05) is 18.2 Å². The third kappa shape index (κ3) is 4.92. The van der Waals surface area contributed by atoms with Crippen LogP contribution in [0.4, 0.5) is 0 Å². The van der Waals surface area contributed by atoms with Gasteiger partial charge in [-0.25, -0.2) is 8.42 Å². The average molecular weight is 413 g/mol. The van der Waals surface area contributed by atoms with Gasteiger partial charge >= 0.3 is 0 Å². The van der Waals surface area contributed by atoms with E-state index in [1.54, 1.807) is 20.0 Å². The van der Waals surface area contributed by atoms with Gasteiger partial charge in [-0.3, -0.25) is 9.78 Å². The molecule has 29 heavy (non-hydrogen) atoms. The first-order valence-electron chi connectivity index (χ1n) is 9.48. The zero-order valence-corrected chi connectivity index (χ0v) is 17.3. The summed E-state index contributed by atoms with van der Waals surface area (Å²) in [5.41, 5.74) is 1.24. The molecule has 0 aliphatic rings. The largest absolute Gasteiger partial charge is 0.491 e. The van der Waals surface area contributed by atoms with Gasteiger partial charge in [-0.2, -0.15) is 0 Å². The molecule has 2 aromatic carbocycles. The minimum Gasteiger partial charge on any atom is -0.491 e. The van der Waals surface area contributed by atoms with E-state index >= 15 is 0 Å². The Bertz CT molecular complexity index is 1090. The van der Waals surface area contributed by atoms with Crippen LogP contribution in [0.15, 0.2) is 65.7 Å².